The van der Waals surface area contributed by atoms with Crippen LogP contribution in [0.4, 0.5) is 0 Å². The van der Waals surface area contributed by atoms with Crippen LogP contribution < -0.4 is 4.74 Å². The van der Waals surface area contributed by atoms with Gasteiger partial charge < -0.3 is 9.47 Å². The molecule has 2 heteroatoms. The molecule has 0 amide bonds. The first-order valence-electron chi connectivity index (χ1n) is 8.08. The van der Waals surface area contributed by atoms with Crippen molar-refractivity contribution in [2.24, 2.45) is 0 Å². The van der Waals surface area contributed by atoms with E-state index in [9.17, 15) is 0 Å². The van der Waals surface area contributed by atoms with E-state index in [4.69, 9.17) is 9.47 Å². The Balaban J connectivity index is 2.05. The Kier molecular flexibility index (Phi) is 9.14. The van der Waals surface area contributed by atoms with Crippen LogP contribution in [0.3, 0.4) is 0 Å². The molecule has 0 aliphatic rings. The second kappa shape index (κ2) is 10.7. The monoisotopic (exact) mass is 278 g/mol. The molecule has 0 atom stereocenters. The minimum Gasteiger partial charge on any atom is -0.494 e. The summed E-state index contributed by atoms with van der Waals surface area (Å²) in [5.74, 6) is 1.01. The van der Waals surface area contributed by atoms with Crippen molar-refractivity contribution in [3.8, 4) is 5.75 Å². The number of ether oxygens (including phenoxy) is 2. The molecule has 0 heterocycles. The van der Waals surface area contributed by atoms with Crippen molar-refractivity contribution < 1.29 is 9.47 Å². The number of hydrogen-bond donors (Lipinski definition) is 0. The molecule has 20 heavy (non-hydrogen) atoms. The molecule has 114 valence electrons. The van der Waals surface area contributed by atoms with E-state index >= 15 is 0 Å². The van der Waals surface area contributed by atoms with Crippen LogP contribution in [0, 0.1) is 6.92 Å². The number of benzene rings is 1. The summed E-state index contributed by atoms with van der Waals surface area (Å²) in [4.78, 5) is 0. The fraction of sp³-hybridized carbons (Fsp3) is 0.667. The van der Waals surface area contributed by atoms with Crippen molar-refractivity contribution in [1.29, 1.82) is 0 Å². The lowest BCUT2D eigenvalue weighted by Crippen LogP contribution is -1.99. The van der Waals surface area contributed by atoms with Crippen LogP contribution in [-0.2, 0) is 11.2 Å². The Bertz CT molecular complexity index is 360. The smallest absolute Gasteiger partial charge is 0.119 e. The summed E-state index contributed by atoms with van der Waals surface area (Å²) in [6, 6.07) is 6.41. The van der Waals surface area contributed by atoms with Gasteiger partial charge in [-0.15, -0.1) is 0 Å². The third kappa shape index (κ3) is 6.95. The molecule has 0 aliphatic heterocycles. The normalized spacial score (nSPS) is 10.8. The van der Waals surface area contributed by atoms with Crippen molar-refractivity contribution in [1.82, 2.24) is 0 Å². The maximum Gasteiger partial charge on any atom is 0.119 e. The van der Waals surface area contributed by atoms with E-state index in [2.05, 4.69) is 39.0 Å². The third-order valence-corrected chi connectivity index (χ3v) is 3.50. The molecule has 1 aromatic carbocycles. The largest absolute Gasteiger partial charge is 0.494 e. The van der Waals surface area contributed by atoms with Gasteiger partial charge >= 0.3 is 0 Å². The van der Waals surface area contributed by atoms with Crippen molar-refractivity contribution in [3.63, 3.8) is 0 Å². The number of aryl methyl sites for hydroxylation is 2. The third-order valence-electron chi connectivity index (χ3n) is 3.50. The van der Waals surface area contributed by atoms with Crippen LogP contribution in [0.25, 0.3) is 0 Å². The summed E-state index contributed by atoms with van der Waals surface area (Å²) in [6.07, 6.45) is 6.96. The number of hydrogen-bond acceptors (Lipinski definition) is 2. The fourth-order valence-corrected chi connectivity index (χ4v) is 2.25. The van der Waals surface area contributed by atoms with Crippen LogP contribution in [-0.4, -0.2) is 19.8 Å². The molecule has 0 saturated heterocycles. The Morgan fingerprint density at radius 3 is 2.30 bits per heavy atom. The van der Waals surface area contributed by atoms with Gasteiger partial charge in [0, 0.05) is 13.2 Å². The number of rotatable bonds is 11. The molecule has 1 aromatic rings. The minimum atomic E-state index is 0.820. The highest BCUT2D eigenvalue weighted by atomic mass is 16.5. The van der Waals surface area contributed by atoms with Gasteiger partial charge in [-0.2, -0.15) is 0 Å². The standard InChI is InChI=1S/C18H30O2/c1-4-12-19-13-8-6-7-9-14-20-18-11-10-17(5-2)16(3)15-18/h10-11,15H,4-9,12-14H2,1-3H3. The molecule has 0 aliphatic carbocycles. The highest BCUT2D eigenvalue weighted by Gasteiger charge is 1.99. The zero-order valence-corrected chi connectivity index (χ0v) is 13.4. The van der Waals surface area contributed by atoms with Crippen LogP contribution in [0.2, 0.25) is 0 Å². The second-order valence-corrected chi connectivity index (χ2v) is 5.32. The summed E-state index contributed by atoms with van der Waals surface area (Å²) < 4.78 is 11.3. The van der Waals surface area contributed by atoms with E-state index in [1.54, 1.807) is 0 Å². The first kappa shape index (κ1) is 17.0. The van der Waals surface area contributed by atoms with Gasteiger partial charge in [0.1, 0.15) is 5.75 Å². The van der Waals surface area contributed by atoms with Crippen molar-refractivity contribution >= 4 is 0 Å². The first-order chi connectivity index (χ1) is 9.77. The van der Waals surface area contributed by atoms with E-state index in [-0.39, 0.29) is 0 Å². The van der Waals surface area contributed by atoms with E-state index in [0.717, 1.165) is 44.8 Å². The van der Waals surface area contributed by atoms with Crippen LogP contribution in [0.15, 0.2) is 18.2 Å². The summed E-state index contributed by atoms with van der Waals surface area (Å²) in [7, 11) is 0. The van der Waals surface area contributed by atoms with Gasteiger partial charge in [-0.3, -0.25) is 0 Å². The average molecular weight is 278 g/mol. The fourth-order valence-electron chi connectivity index (χ4n) is 2.25. The Hall–Kier alpha value is -1.02. The minimum absolute atomic E-state index is 0.820. The van der Waals surface area contributed by atoms with Crippen LogP contribution in [0.5, 0.6) is 5.75 Å². The van der Waals surface area contributed by atoms with Crippen LogP contribution in [0.1, 0.15) is 57.1 Å². The van der Waals surface area contributed by atoms with E-state index in [1.165, 1.54) is 30.4 Å². The SMILES string of the molecule is CCCOCCCCCCOc1ccc(CC)c(C)c1. The Morgan fingerprint density at radius 2 is 1.65 bits per heavy atom. The molecule has 2 nitrogen and oxygen atoms in total. The maximum absolute atomic E-state index is 5.80. The summed E-state index contributed by atoms with van der Waals surface area (Å²) in [5, 5.41) is 0. The summed E-state index contributed by atoms with van der Waals surface area (Å²) >= 11 is 0. The van der Waals surface area contributed by atoms with E-state index < -0.39 is 0 Å². The Labute approximate surface area is 124 Å². The first-order valence-corrected chi connectivity index (χ1v) is 8.08. The molecular weight excluding hydrogens is 248 g/mol. The van der Waals surface area contributed by atoms with Gasteiger partial charge in [-0.1, -0.05) is 26.3 Å². The predicted octanol–water partition coefficient (Wildman–Crippen LogP) is 4.92. The van der Waals surface area contributed by atoms with Crippen molar-refractivity contribution in [2.45, 2.75) is 59.3 Å². The highest BCUT2D eigenvalue weighted by Crippen LogP contribution is 2.18. The molecule has 0 unspecified atom stereocenters. The second-order valence-electron chi connectivity index (χ2n) is 5.32. The maximum atomic E-state index is 5.80. The molecular formula is C18H30O2. The number of unbranched alkanes of at least 4 members (excludes halogenated alkanes) is 3. The van der Waals surface area contributed by atoms with Gasteiger partial charge in [0.05, 0.1) is 6.61 Å². The van der Waals surface area contributed by atoms with Gasteiger partial charge in [-0.05, 0) is 62.3 Å². The molecule has 0 spiro atoms. The topological polar surface area (TPSA) is 18.5 Å². The Morgan fingerprint density at radius 1 is 0.900 bits per heavy atom. The molecule has 0 radical (unpaired) electrons. The highest BCUT2D eigenvalue weighted by molar-refractivity contribution is 5.34. The van der Waals surface area contributed by atoms with Gasteiger partial charge in [-0.25, -0.2) is 0 Å². The lowest BCUT2D eigenvalue weighted by atomic mass is 10.1. The average Bonchev–Trinajstić information content (AvgIpc) is 2.46. The van der Waals surface area contributed by atoms with Gasteiger partial charge in [0.2, 0.25) is 0 Å². The van der Waals surface area contributed by atoms with Crippen molar-refractivity contribution in [2.75, 3.05) is 19.8 Å². The van der Waals surface area contributed by atoms with Crippen LogP contribution >= 0.6 is 0 Å². The van der Waals surface area contributed by atoms with Gasteiger partial charge in [0.15, 0.2) is 0 Å². The lowest BCUT2D eigenvalue weighted by molar-refractivity contribution is 0.130. The van der Waals surface area contributed by atoms with E-state index in [0.29, 0.717) is 0 Å². The lowest BCUT2D eigenvalue weighted by Gasteiger charge is -2.09. The molecule has 0 N–H and O–H groups in total. The molecule has 0 aromatic heterocycles. The zero-order valence-electron chi connectivity index (χ0n) is 13.4. The quantitative estimate of drug-likeness (QED) is 0.535. The van der Waals surface area contributed by atoms with Gasteiger partial charge in [0.25, 0.3) is 0 Å². The zero-order chi connectivity index (χ0) is 14.6. The van der Waals surface area contributed by atoms with E-state index in [1.807, 2.05) is 0 Å². The summed E-state index contributed by atoms with van der Waals surface area (Å²) in [5.41, 5.74) is 2.74. The molecule has 1 rings (SSSR count). The summed E-state index contributed by atoms with van der Waals surface area (Å²) in [6.45, 7) is 9.12. The molecule has 0 fully saturated rings. The molecule has 0 saturated carbocycles. The predicted molar refractivity (Wildman–Crippen MR) is 85.6 cm³/mol. The molecule has 0 bridgehead atoms. The van der Waals surface area contributed by atoms with Crippen molar-refractivity contribution in [3.05, 3.63) is 29.3 Å².